The molecule has 0 radical (unpaired) electrons. The highest BCUT2D eigenvalue weighted by Crippen LogP contribution is 2.30. The molecule has 1 saturated heterocycles. The van der Waals surface area contributed by atoms with Gasteiger partial charge < -0.3 is 15.0 Å². The van der Waals surface area contributed by atoms with Gasteiger partial charge in [-0.3, -0.25) is 14.5 Å². The standard InChI is InChI=1S/C30H34N6O3/c1-21-10-14-24(15-11-21)36(28(37)20-35-27-9-5-4-8-26(27)32-33-35)29(22-12-16-23(17-13-22)34(2)3)30(38)31-19-25-7-6-18-39-25/h4-5,8-17,25,29H,6-7,18-20H2,1-3H3,(H,31,38)/t25-,29-/m1/s1. The summed E-state index contributed by atoms with van der Waals surface area (Å²) in [6, 6.07) is 22.0. The fourth-order valence-electron chi connectivity index (χ4n) is 4.87. The number of ether oxygens (including phenoxy) is 1. The van der Waals surface area contributed by atoms with Crippen LogP contribution in [0.25, 0.3) is 11.0 Å². The summed E-state index contributed by atoms with van der Waals surface area (Å²) < 4.78 is 7.31. The van der Waals surface area contributed by atoms with E-state index in [4.69, 9.17) is 4.74 Å². The quantitative estimate of drug-likeness (QED) is 0.356. The first-order chi connectivity index (χ1) is 18.9. The molecule has 2 atom stereocenters. The summed E-state index contributed by atoms with van der Waals surface area (Å²) >= 11 is 0. The van der Waals surface area contributed by atoms with Crippen molar-refractivity contribution < 1.29 is 14.3 Å². The van der Waals surface area contributed by atoms with Crippen molar-refractivity contribution in [2.24, 2.45) is 0 Å². The number of para-hydroxylation sites is 1. The summed E-state index contributed by atoms with van der Waals surface area (Å²) in [5, 5.41) is 11.5. The number of anilines is 2. The average Bonchev–Trinajstić information content (AvgIpc) is 3.61. The zero-order valence-electron chi connectivity index (χ0n) is 22.6. The zero-order chi connectivity index (χ0) is 27.4. The number of rotatable bonds is 9. The van der Waals surface area contributed by atoms with Crippen LogP contribution < -0.4 is 15.1 Å². The van der Waals surface area contributed by atoms with Gasteiger partial charge in [-0.15, -0.1) is 5.10 Å². The number of hydrogen-bond donors (Lipinski definition) is 1. The lowest BCUT2D eigenvalue weighted by Gasteiger charge is -2.32. The molecule has 202 valence electrons. The Morgan fingerprint density at radius 1 is 1.03 bits per heavy atom. The fraction of sp³-hybridized carbons (Fsp3) is 0.333. The number of carbonyl (C=O) groups excluding carboxylic acids is 2. The van der Waals surface area contributed by atoms with Gasteiger partial charge in [-0.05, 0) is 61.7 Å². The second-order valence-electron chi connectivity index (χ2n) is 10.1. The minimum atomic E-state index is -0.896. The molecule has 9 nitrogen and oxygen atoms in total. The van der Waals surface area contributed by atoms with Crippen LogP contribution in [0.1, 0.15) is 30.0 Å². The number of amides is 2. The van der Waals surface area contributed by atoms with E-state index in [0.717, 1.165) is 29.6 Å². The molecule has 1 aliphatic heterocycles. The van der Waals surface area contributed by atoms with Crippen LogP contribution in [0, 0.1) is 6.92 Å². The third kappa shape index (κ3) is 5.93. The molecule has 39 heavy (non-hydrogen) atoms. The maximum absolute atomic E-state index is 14.1. The van der Waals surface area contributed by atoms with Gasteiger partial charge in [0.2, 0.25) is 11.8 Å². The van der Waals surface area contributed by atoms with Crippen LogP contribution in [0.15, 0.2) is 72.8 Å². The second-order valence-corrected chi connectivity index (χ2v) is 10.1. The SMILES string of the molecule is Cc1ccc(N(C(=O)Cn2nnc3ccccc32)[C@@H](C(=O)NC[C@H]2CCCO2)c2ccc(N(C)C)cc2)cc1. The smallest absolute Gasteiger partial charge is 0.249 e. The van der Waals surface area contributed by atoms with Crippen LogP contribution in [0.2, 0.25) is 0 Å². The molecule has 4 aromatic rings. The van der Waals surface area contributed by atoms with Gasteiger partial charge in [0.15, 0.2) is 0 Å². The number of nitrogens with zero attached hydrogens (tertiary/aromatic N) is 5. The number of aromatic nitrogens is 3. The molecule has 0 unspecified atom stereocenters. The Balaban J connectivity index is 1.54. The molecule has 1 N–H and O–H groups in total. The summed E-state index contributed by atoms with van der Waals surface area (Å²) in [6.45, 7) is 3.02. The van der Waals surface area contributed by atoms with Crippen molar-refractivity contribution >= 4 is 34.2 Å². The fourth-order valence-corrected chi connectivity index (χ4v) is 4.87. The molecule has 9 heteroatoms. The summed E-state index contributed by atoms with van der Waals surface area (Å²) in [5.74, 6) is -0.538. The number of aryl methyl sites for hydroxylation is 1. The Morgan fingerprint density at radius 3 is 2.44 bits per heavy atom. The van der Waals surface area contributed by atoms with Crippen molar-refractivity contribution in [3.8, 4) is 0 Å². The van der Waals surface area contributed by atoms with Crippen molar-refractivity contribution in [2.45, 2.75) is 38.5 Å². The van der Waals surface area contributed by atoms with E-state index >= 15 is 0 Å². The van der Waals surface area contributed by atoms with Crippen molar-refractivity contribution in [3.63, 3.8) is 0 Å². The van der Waals surface area contributed by atoms with Gasteiger partial charge in [-0.2, -0.15) is 0 Å². The largest absolute Gasteiger partial charge is 0.378 e. The molecule has 2 heterocycles. The molecule has 1 aromatic heterocycles. The van der Waals surface area contributed by atoms with Crippen LogP contribution in [0.3, 0.4) is 0 Å². The van der Waals surface area contributed by atoms with Crippen molar-refractivity contribution in [2.75, 3.05) is 37.0 Å². The first-order valence-electron chi connectivity index (χ1n) is 13.2. The van der Waals surface area contributed by atoms with E-state index in [2.05, 4.69) is 15.6 Å². The molecule has 1 fully saturated rings. The Kier molecular flexibility index (Phi) is 7.88. The number of nitrogens with one attached hydrogen (secondary N) is 1. The maximum Gasteiger partial charge on any atom is 0.249 e. The highest BCUT2D eigenvalue weighted by atomic mass is 16.5. The summed E-state index contributed by atoms with van der Waals surface area (Å²) in [7, 11) is 3.93. The summed E-state index contributed by atoms with van der Waals surface area (Å²) in [6.07, 6.45) is 1.87. The van der Waals surface area contributed by atoms with Crippen molar-refractivity contribution in [1.82, 2.24) is 20.3 Å². The van der Waals surface area contributed by atoms with E-state index in [1.165, 1.54) is 0 Å². The molecule has 0 aliphatic carbocycles. The molecule has 0 bridgehead atoms. The predicted molar refractivity (Wildman–Crippen MR) is 152 cm³/mol. The van der Waals surface area contributed by atoms with Crippen LogP contribution in [-0.4, -0.2) is 60.2 Å². The van der Waals surface area contributed by atoms with Gasteiger partial charge in [0.1, 0.15) is 18.1 Å². The zero-order valence-corrected chi connectivity index (χ0v) is 22.6. The van der Waals surface area contributed by atoms with E-state index in [0.29, 0.717) is 29.9 Å². The number of carbonyl (C=O) groups is 2. The highest BCUT2D eigenvalue weighted by Gasteiger charge is 2.34. The predicted octanol–water partition coefficient (Wildman–Crippen LogP) is 3.88. The minimum Gasteiger partial charge on any atom is -0.378 e. The van der Waals surface area contributed by atoms with Crippen molar-refractivity contribution in [1.29, 1.82) is 0 Å². The Labute approximate surface area is 228 Å². The highest BCUT2D eigenvalue weighted by molar-refractivity contribution is 6.01. The second kappa shape index (κ2) is 11.7. The summed E-state index contributed by atoms with van der Waals surface area (Å²) in [4.78, 5) is 31.6. The van der Waals surface area contributed by atoms with Gasteiger partial charge in [0.05, 0.1) is 11.6 Å². The molecule has 1 aliphatic rings. The monoisotopic (exact) mass is 526 g/mol. The van der Waals surface area contributed by atoms with Gasteiger partial charge in [-0.25, -0.2) is 4.68 Å². The average molecular weight is 527 g/mol. The van der Waals surface area contributed by atoms with E-state index in [1.807, 2.05) is 98.7 Å². The van der Waals surface area contributed by atoms with Gasteiger partial charge in [0, 0.05) is 38.6 Å². The Morgan fingerprint density at radius 2 is 1.74 bits per heavy atom. The molecular weight excluding hydrogens is 492 g/mol. The first-order valence-corrected chi connectivity index (χ1v) is 13.2. The maximum atomic E-state index is 14.1. The molecule has 0 saturated carbocycles. The van der Waals surface area contributed by atoms with E-state index < -0.39 is 6.04 Å². The van der Waals surface area contributed by atoms with Crippen LogP contribution in [0.5, 0.6) is 0 Å². The first kappa shape index (κ1) is 26.4. The molecule has 5 rings (SSSR count). The minimum absolute atomic E-state index is 0.0178. The number of benzene rings is 3. The lowest BCUT2D eigenvalue weighted by molar-refractivity contribution is -0.127. The van der Waals surface area contributed by atoms with Gasteiger partial charge >= 0.3 is 0 Å². The van der Waals surface area contributed by atoms with E-state index in [1.54, 1.807) is 9.58 Å². The third-order valence-electron chi connectivity index (χ3n) is 7.05. The number of hydrogen-bond acceptors (Lipinski definition) is 6. The van der Waals surface area contributed by atoms with Crippen LogP contribution >= 0.6 is 0 Å². The third-order valence-corrected chi connectivity index (χ3v) is 7.05. The van der Waals surface area contributed by atoms with E-state index in [-0.39, 0.29) is 24.5 Å². The van der Waals surface area contributed by atoms with E-state index in [9.17, 15) is 9.59 Å². The Hall–Kier alpha value is -4.24. The lowest BCUT2D eigenvalue weighted by atomic mass is 10.0. The van der Waals surface area contributed by atoms with Crippen LogP contribution in [-0.2, 0) is 20.9 Å². The normalized spacial score (nSPS) is 15.7. The Bertz CT molecular complexity index is 1430. The summed E-state index contributed by atoms with van der Waals surface area (Å²) in [5.41, 5.74) is 4.86. The molecule has 2 amide bonds. The van der Waals surface area contributed by atoms with Crippen LogP contribution in [0.4, 0.5) is 11.4 Å². The molecule has 0 spiro atoms. The van der Waals surface area contributed by atoms with Gasteiger partial charge in [0.25, 0.3) is 0 Å². The van der Waals surface area contributed by atoms with Gasteiger partial charge in [-0.1, -0.05) is 47.2 Å². The number of fused-ring (bicyclic) bond motifs is 1. The lowest BCUT2D eigenvalue weighted by Crippen LogP contribution is -2.46. The van der Waals surface area contributed by atoms with Crippen molar-refractivity contribution in [3.05, 3.63) is 83.9 Å². The topological polar surface area (TPSA) is 92.6 Å². The molecular formula is C30H34N6O3. The molecule has 3 aromatic carbocycles.